The molecule has 0 bridgehead atoms. The number of hydrogen-bond donors (Lipinski definition) is 3. The molecule has 6 nitrogen and oxygen atoms in total. The van der Waals surface area contributed by atoms with Gasteiger partial charge in [-0.25, -0.2) is 4.99 Å². The van der Waals surface area contributed by atoms with Crippen molar-refractivity contribution in [2.45, 2.75) is 33.1 Å². The largest absolute Gasteiger partial charge is 0.361 e. The number of nitrogens with one attached hydrogen (secondary N) is 3. The van der Waals surface area contributed by atoms with Crippen LogP contribution >= 0.6 is 0 Å². The highest BCUT2D eigenvalue weighted by atomic mass is 16.2. The zero-order valence-corrected chi connectivity index (χ0v) is 15.8. The fourth-order valence-electron chi connectivity index (χ4n) is 3.44. The van der Waals surface area contributed by atoms with Gasteiger partial charge in [0.15, 0.2) is 5.96 Å². The van der Waals surface area contributed by atoms with E-state index in [1.54, 1.807) is 0 Å². The molecule has 140 valence electrons. The summed E-state index contributed by atoms with van der Waals surface area (Å²) in [5.74, 6) is 0.822. The van der Waals surface area contributed by atoms with Crippen LogP contribution in [-0.4, -0.2) is 54.5 Å². The van der Waals surface area contributed by atoms with Gasteiger partial charge in [0.2, 0.25) is 5.91 Å². The third kappa shape index (κ3) is 4.36. The number of rotatable bonds is 6. The average molecular weight is 355 g/mol. The summed E-state index contributed by atoms with van der Waals surface area (Å²) in [6.45, 7) is 7.65. The molecule has 26 heavy (non-hydrogen) atoms. The van der Waals surface area contributed by atoms with Gasteiger partial charge in [0.05, 0.1) is 0 Å². The van der Waals surface area contributed by atoms with E-state index in [0.717, 1.165) is 45.4 Å². The Morgan fingerprint density at radius 1 is 1.27 bits per heavy atom. The number of nitrogens with zero attached hydrogens (tertiary/aromatic N) is 2. The summed E-state index contributed by atoms with van der Waals surface area (Å²) in [6, 6.07) is 6.37. The minimum absolute atomic E-state index is 0.117. The monoisotopic (exact) mass is 355 g/mol. The van der Waals surface area contributed by atoms with Crippen molar-refractivity contribution in [3.05, 3.63) is 35.5 Å². The molecule has 1 saturated heterocycles. The number of fused-ring (bicyclic) bond motifs is 1. The normalized spacial score (nSPS) is 14.8. The molecule has 1 aromatic heterocycles. The number of para-hydroxylation sites is 1. The molecule has 3 N–H and O–H groups in total. The maximum absolute atomic E-state index is 12.2. The van der Waals surface area contributed by atoms with Crippen LogP contribution < -0.4 is 10.6 Å². The highest BCUT2D eigenvalue weighted by Crippen LogP contribution is 2.21. The van der Waals surface area contributed by atoms with Crippen LogP contribution in [0.15, 0.2) is 29.4 Å². The Morgan fingerprint density at radius 3 is 2.85 bits per heavy atom. The summed E-state index contributed by atoms with van der Waals surface area (Å²) < 4.78 is 0. The molecule has 6 heteroatoms. The van der Waals surface area contributed by atoms with E-state index in [0.29, 0.717) is 5.96 Å². The van der Waals surface area contributed by atoms with E-state index in [9.17, 15) is 4.79 Å². The van der Waals surface area contributed by atoms with E-state index in [1.807, 2.05) is 11.8 Å². The van der Waals surface area contributed by atoms with E-state index in [1.165, 1.54) is 22.0 Å². The van der Waals surface area contributed by atoms with Crippen molar-refractivity contribution in [2.75, 3.05) is 32.7 Å². The molecule has 2 heterocycles. The molecule has 1 fully saturated rings. The van der Waals surface area contributed by atoms with Crippen LogP contribution in [0.5, 0.6) is 0 Å². The summed E-state index contributed by atoms with van der Waals surface area (Å²) in [7, 11) is 0. The van der Waals surface area contributed by atoms with Gasteiger partial charge in [-0.3, -0.25) is 4.79 Å². The molecule has 2 aromatic rings. The van der Waals surface area contributed by atoms with Crippen LogP contribution in [0.4, 0.5) is 0 Å². The second-order valence-corrected chi connectivity index (χ2v) is 6.77. The van der Waals surface area contributed by atoms with Crippen LogP contribution in [0, 0.1) is 6.92 Å². The summed E-state index contributed by atoms with van der Waals surface area (Å²) in [5, 5.41) is 7.83. The minimum Gasteiger partial charge on any atom is -0.361 e. The Labute approximate surface area is 155 Å². The van der Waals surface area contributed by atoms with Crippen molar-refractivity contribution >= 4 is 22.8 Å². The molecular weight excluding hydrogens is 326 g/mol. The molecular formula is C20H29N5O. The number of carbonyl (C=O) groups is 1. The summed E-state index contributed by atoms with van der Waals surface area (Å²) in [4.78, 5) is 21.9. The van der Waals surface area contributed by atoms with E-state index >= 15 is 0 Å². The SMILES string of the molecule is CCNC(=NCC(=O)N1CCCC1)NCCc1c[nH]c2c(C)cccc12. The van der Waals surface area contributed by atoms with Crippen molar-refractivity contribution < 1.29 is 4.79 Å². The standard InChI is InChI=1S/C20H29N5O/c1-3-21-20(24-14-18(26)25-11-4-5-12-25)22-10-9-16-13-23-19-15(2)7-6-8-17(16)19/h6-8,13,23H,3-5,9-12,14H2,1-2H3,(H2,21,22,24). The number of hydrogen-bond acceptors (Lipinski definition) is 2. The van der Waals surface area contributed by atoms with Gasteiger partial charge in [0, 0.05) is 43.3 Å². The smallest absolute Gasteiger partial charge is 0.244 e. The van der Waals surface area contributed by atoms with Crippen LogP contribution in [-0.2, 0) is 11.2 Å². The lowest BCUT2D eigenvalue weighted by Crippen LogP contribution is -2.39. The number of aryl methyl sites for hydroxylation is 1. The Hall–Kier alpha value is -2.50. The van der Waals surface area contributed by atoms with Crippen LogP contribution in [0.2, 0.25) is 0 Å². The highest BCUT2D eigenvalue weighted by molar-refractivity contribution is 5.86. The van der Waals surface area contributed by atoms with Gasteiger partial charge < -0.3 is 20.5 Å². The van der Waals surface area contributed by atoms with Gasteiger partial charge >= 0.3 is 0 Å². The second kappa shape index (κ2) is 8.74. The van der Waals surface area contributed by atoms with E-state index in [-0.39, 0.29) is 12.5 Å². The highest BCUT2D eigenvalue weighted by Gasteiger charge is 2.17. The molecule has 0 unspecified atom stereocenters. The molecule has 0 radical (unpaired) electrons. The zero-order valence-electron chi connectivity index (χ0n) is 15.8. The number of aromatic amines is 1. The average Bonchev–Trinajstić information content (AvgIpc) is 3.30. The molecule has 0 saturated carbocycles. The fourth-order valence-corrected chi connectivity index (χ4v) is 3.44. The van der Waals surface area contributed by atoms with Crippen molar-refractivity contribution in [1.29, 1.82) is 0 Å². The predicted octanol–water partition coefficient (Wildman–Crippen LogP) is 2.20. The Balaban J connectivity index is 1.55. The van der Waals surface area contributed by atoms with Gasteiger partial charge in [-0.2, -0.15) is 0 Å². The van der Waals surface area contributed by atoms with Crippen molar-refractivity contribution in [3.63, 3.8) is 0 Å². The van der Waals surface area contributed by atoms with Crippen molar-refractivity contribution in [1.82, 2.24) is 20.5 Å². The Morgan fingerprint density at radius 2 is 2.08 bits per heavy atom. The van der Waals surface area contributed by atoms with Gasteiger partial charge in [0.1, 0.15) is 6.54 Å². The first-order valence-corrected chi connectivity index (χ1v) is 9.54. The fraction of sp³-hybridized carbons (Fsp3) is 0.500. The van der Waals surface area contributed by atoms with Gasteiger partial charge in [0.25, 0.3) is 0 Å². The summed E-state index contributed by atoms with van der Waals surface area (Å²) in [5.41, 5.74) is 3.76. The number of amides is 1. The number of aliphatic imine (C=N–C) groups is 1. The first kappa shape index (κ1) is 18.3. The first-order chi connectivity index (χ1) is 12.7. The molecule has 0 spiro atoms. The Bertz CT molecular complexity index is 774. The zero-order chi connectivity index (χ0) is 18.4. The molecule has 1 amide bonds. The maximum Gasteiger partial charge on any atom is 0.244 e. The topological polar surface area (TPSA) is 72.5 Å². The molecule has 3 rings (SSSR count). The second-order valence-electron chi connectivity index (χ2n) is 6.77. The molecule has 0 aliphatic carbocycles. The van der Waals surface area contributed by atoms with Crippen molar-refractivity contribution in [3.8, 4) is 0 Å². The van der Waals surface area contributed by atoms with Crippen molar-refractivity contribution in [2.24, 2.45) is 4.99 Å². The Kier molecular flexibility index (Phi) is 6.15. The lowest BCUT2D eigenvalue weighted by molar-refractivity contribution is -0.128. The number of likely N-dealkylation sites (tertiary alicyclic amines) is 1. The van der Waals surface area contributed by atoms with Crippen LogP contribution in [0.3, 0.4) is 0 Å². The van der Waals surface area contributed by atoms with E-state index in [4.69, 9.17) is 0 Å². The number of aromatic nitrogens is 1. The van der Waals surface area contributed by atoms with E-state index in [2.05, 4.69) is 51.9 Å². The molecule has 0 atom stereocenters. The minimum atomic E-state index is 0.117. The quantitative estimate of drug-likeness (QED) is 0.549. The summed E-state index contributed by atoms with van der Waals surface area (Å²) >= 11 is 0. The third-order valence-corrected chi connectivity index (χ3v) is 4.87. The molecule has 1 aromatic carbocycles. The lowest BCUT2D eigenvalue weighted by Gasteiger charge is -2.15. The van der Waals surface area contributed by atoms with Gasteiger partial charge in [-0.05, 0) is 44.2 Å². The number of carbonyl (C=O) groups excluding carboxylic acids is 1. The van der Waals surface area contributed by atoms with E-state index < -0.39 is 0 Å². The maximum atomic E-state index is 12.2. The molecule has 1 aliphatic rings. The number of benzene rings is 1. The van der Waals surface area contributed by atoms with Crippen LogP contribution in [0.25, 0.3) is 10.9 Å². The first-order valence-electron chi connectivity index (χ1n) is 9.54. The van der Waals surface area contributed by atoms with Gasteiger partial charge in [-0.1, -0.05) is 18.2 Å². The van der Waals surface area contributed by atoms with Crippen LogP contribution in [0.1, 0.15) is 30.9 Å². The molecule has 1 aliphatic heterocycles. The number of H-pyrrole nitrogens is 1. The third-order valence-electron chi connectivity index (χ3n) is 4.87. The summed E-state index contributed by atoms with van der Waals surface area (Å²) in [6.07, 6.45) is 5.20. The number of guanidine groups is 1. The predicted molar refractivity (Wildman–Crippen MR) is 107 cm³/mol. The van der Waals surface area contributed by atoms with Gasteiger partial charge in [-0.15, -0.1) is 0 Å². The lowest BCUT2D eigenvalue weighted by atomic mass is 10.1.